The zero-order valence-corrected chi connectivity index (χ0v) is 24.6. The van der Waals surface area contributed by atoms with Crippen LogP contribution in [0.4, 0.5) is 0 Å². The van der Waals surface area contributed by atoms with Gasteiger partial charge in [-0.2, -0.15) is 0 Å². The summed E-state index contributed by atoms with van der Waals surface area (Å²) in [7, 11) is 0. The number of imidazole rings is 1. The summed E-state index contributed by atoms with van der Waals surface area (Å²) in [6.07, 6.45) is 5.79. The van der Waals surface area contributed by atoms with Crippen LogP contribution >= 0.6 is 0 Å². The van der Waals surface area contributed by atoms with Crippen molar-refractivity contribution in [3.63, 3.8) is 0 Å². The molecule has 39 heavy (non-hydrogen) atoms. The van der Waals surface area contributed by atoms with Crippen molar-refractivity contribution < 1.29 is 0 Å². The third-order valence-electron chi connectivity index (χ3n) is 8.61. The first-order chi connectivity index (χ1) is 19.0. The Bertz CT molecular complexity index is 1340. The average molecular weight is 520 g/mol. The summed E-state index contributed by atoms with van der Waals surface area (Å²) in [5, 5.41) is 0. The van der Waals surface area contributed by atoms with Crippen LogP contribution in [-0.4, -0.2) is 21.0 Å². The minimum Gasteiger partial charge on any atom is -0.327 e. The SMILES string of the molecule is CCc1cccc(CC)c1-c1nc(-c2ccc(C(C)C)cc2)c(CN2CCCCC2c2ccccc2)n1CC. The Morgan fingerprint density at radius 2 is 1.51 bits per heavy atom. The summed E-state index contributed by atoms with van der Waals surface area (Å²) in [6.45, 7) is 14.3. The van der Waals surface area contributed by atoms with E-state index in [9.17, 15) is 0 Å². The molecule has 3 nitrogen and oxygen atoms in total. The molecule has 1 aliphatic heterocycles. The molecular formula is C36H45N3. The van der Waals surface area contributed by atoms with E-state index in [4.69, 9.17) is 4.98 Å². The zero-order valence-electron chi connectivity index (χ0n) is 24.6. The Morgan fingerprint density at radius 3 is 2.13 bits per heavy atom. The first-order valence-electron chi connectivity index (χ1n) is 15.1. The second-order valence-electron chi connectivity index (χ2n) is 11.3. The lowest BCUT2D eigenvalue weighted by atomic mass is 9.94. The van der Waals surface area contributed by atoms with E-state index in [0.717, 1.165) is 44.0 Å². The molecule has 1 atom stereocenters. The summed E-state index contributed by atoms with van der Waals surface area (Å²) >= 11 is 0. The van der Waals surface area contributed by atoms with Crippen molar-refractivity contribution in [1.82, 2.24) is 14.5 Å². The number of nitrogens with zero attached hydrogens (tertiary/aromatic N) is 3. The van der Waals surface area contributed by atoms with E-state index in [1.807, 2.05) is 0 Å². The molecule has 0 radical (unpaired) electrons. The fourth-order valence-electron chi connectivity index (χ4n) is 6.39. The summed E-state index contributed by atoms with van der Waals surface area (Å²) < 4.78 is 2.52. The summed E-state index contributed by atoms with van der Waals surface area (Å²) in [5.74, 6) is 1.66. The van der Waals surface area contributed by atoms with Crippen LogP contribution in [0.3, 0.4) is 0 Å². The van der Waals surface area contributed by atoms with Crippen LogP contribution in [0.25, 0.3) is 22.6 Å². The Balaban J connectivity index is 1.67. The van der Waals surface area contributed by atoms with Crippen molar-refractivity contribution in [2.45, 2.75) is 91.8 Å². The summed E-state index contributed by atoms with van der Waals surface area (Å²) in [4.78, 5) is 8.23. The van der Waals surface area contributed by atoms with Crippen molar-refractivity contribution in [1.29, 1.82) is 0 Å². The van der Waals surface area contributed by atoms with Gasteiger partial charge in [0.15, 0.2) is 0 Å². The van der Waals surface area contributed by atoms with Gasteiger partial charge in [-0.05, 0) is 67.3 Å². The maximum atomic E-state index is 5.51. The van der Waals surface area contributed by atoms with Gasteiger partial charge in [-0.3, -0.25) is 4.90 Å². The minimum absolute atomic E-state index is 0.453. The highest BCUT2D eigenvalue weighted by molar-refractivity contribution is 5.72. The van der Waals surface area contributed by atoms with Gasteiger partial charge in [0.2, 0.25) is 0 Å². The number of rotatable bonds is 9. The lowest BCUT2D eigenvalue weighted by molar-refractivity contribution is 0.137. The van der Waals surface area contributed by atoms with E-state index in [-0.39, 0.29) is 0 Å². The number of aryl methyl sites for hydroxylation is 2. The number of hydrogen-bond donors (Lipinski definition) is 0. The largest absolute Gasteiger partial charge is 0.327 e. The fourth-order valence-corrected chi connectivity index (χ4v) is 6.39. The van der Waals surface area contributed by atoms with E-state index in [1.165, 1.54) is 58.3 Å². The van der Waals surface area contributed by atoms with Gasteiger partial charge in [-0.1, -0.05) is 107 Å². The molecular weight excluding hydrogens is 474 g/mol. The molecule has 2 heterocycles. The number of aromatic nitrogens is 2. The number of likely N-dealkylation sites (tertiary alicyclic amines) is 1. The first-order valence-corrected chi connectivity index (χ1v) is 15.1. The van der Waals surface area contributed by atoms with Crippen molar-refractivity contribution in [2.75, 3.05) is 6.54 Å². The van der Waals surface area contributed by atoms with E-state index >= 15 is 0 Å². The molecule has 0 bridgehead atoms. The highest BCUT2D eigenvalue weighted by atomic mass is 15.2. The minimum atomic E-state index is 0.453. The zero-order chi connectivity index (χ0) is 27.4. The van der Waals surface area contributed by atoms with Crippen LogP contribution in [0, 0.1) is 0 Å². The summed E-state index contributed by atoms with van der Waals surface area (Å²) in [5.41, 5.74) is 10.7. The maximum absolute atomic E-state index is 5.51. The second kappa shape index (κ2) is 12.3. The van der Waals surface area contributed by atoms with Crippen molar-refractivity contribution in [3.8, 4) is 22.6 Å². The molecule has 204 valence electrons. The highest BCUT2D eigenvalue weighted by Gasteiger charge is 2.28. The molecule has 0 spiro atoms. The topological polar surface area (TPSA) is 21.1 Å². The van der Waals surface area contributed by atoms with Crippen LogP contribution in [-0.2, 0) is 25.9 Å². The third kappa shape index (κ3) is 5.61. The lowest BCUT2D eigenvalue weighted by Gasteiger charge is -2.36. The predicted octanol–water partition coefficient (Wildman–Crippen LogP) is 9.21. The van der Waals surface area contributed by atoms with E-state index in [2.05, 4.69) is 117 Å². The predicted molar refractivity (Wildman–Crippen MR) is 165 cm³/mol. The van der Waals surface area contributed by atoms with E-state index < -0.39 is 0 Å². The Labute approximate surface area is 235 Å². The van der Waals surface area contributed by atoms with Gasteiger partial charge < -0.3 is 4.57 Å². The highest BCUT2D eigenvalue weighted by Crippen LogP contribution is 2.38. The third-order valence-corrected chi connectivity index (χ3v) is 8.61. The van der Waals surface area contributed by atoms with Crippen LogP contribution < -0.4 is 0 Å². The standard InChI is InChI=1S/C36H45N3/c1-6-27-17-14-18-28(7-2)34(27)36-37-35(31-22-20-29(21-23-31)26(4)5)33(39(36)8-3)25-38-24-13-12-19-32(38)30-15-10-9-11-16-30/h9-11,14-18,20-23,26,32H,6-8,12-13,19,24-25H2,1-5H3. The fraction of sp³-hybridized carbons (Fsp3) is 0.417. The first kappa shape index (κ1) is 27.4. The van der Waals surface area contributed by atoms with Crippen LogP contribution in [0.5, 0.6) is 0 Å². The molecule has 0 N–H and O–H groups in total. The molecule has 1 unspecified atom stereocenters. The summed E-state index contributed by atoms with van der Waals surface area (Å²) in [6, 6.07) is 27.5. The molecule has 1 fully saturated rings. The quantitative estimate of drug-likeness (QED) is 0.220. The lowest BCUT2D eigenvalue weighted by Crippen LogP contribution is -2.33. The van der Waals surface area contributed by atoms with Gasteiger partial charge in [-0.15, -0.1) is 0 Å². The van der Waals surface area contributed by atoms with Crippen LogP contribution in [0.15, 0.2) is 72.8 Å². The van der Waals surface area contributed by atoms with Gasteiger partial charge >= 0.3 is 0 Å². The molecule has 1 aliphatic rings. The van der Waals surface area contributed by atoms with E-state index in [0.29, 0.717) is 12.0 Å². The Hall–Kier alpha value is -3.17. The molecule has 1 saturated heterocycles. The van der Waals surface area contributed by atoms with Gasteiger partial charge in [0.1, 0.15) is 5.82 Å². The molecule has 3 heteroatoms. The van der Waals surface area contributed by atoms with Gasteiger partial charge in [0.05, 0.1) is 11.4 Å². The molecule has 1 aromatic heterocycles. The van der Waals surface area contributed by atoms with Crippen molar-refractivity contribution in [2.24, 2.45) is 0 Å². The van der Waals surface area contributed by atoms with Crippen molar-refractivity contribution in [3.05, 3.63) is 101 Å². The van der Waals surface area contributed by atoms with Crippen LogP contribution in [0.2, 0.25) is 0 Å². The van der Waals surface area contributed by atoms with Crippen molar-refractivity contribution >= 4 is 0 Å². The average Bonchev–Trinajstić information content (AvgIpc) is 3.34. The monoisotopic (exact) mass is 519 g/mol. The normalized spacial score (nSPS) is 16.2. The molecule has 3 aromatic carbocycles. The molecule has 0 saturated carbocycles. The number of piperidine rings is 1. The number of hydrogen-bond acceptors (Lipinski definition) is 2. The van der Waals surface area contributed by atoms with E-state index in [1.54, 1.807) is 0 Å². The molecule has 0 amide bonds. The van der Waals surface area contributed by atoms with Crippen LogP contribution in [0.1, 0.15) is 93.8 Å². The smallest absolute Gasteiger partial charge is 0.141 e. The van der Waals surface area contributed by atoms with Gasteiger partial charge in [-0.25, -0.2) is 4.98 Å². The second-order valence-corrected chi connectivity index (χ2v) is 11.3. The molecule has 0 aliphatic carbocycles. The molecule has 4 aromatic rings. The molecule has 5 rings (SSSR count). The maximum Gasteiger partial charge on any atom is 0.141 e. The van der Waals surface area contributed by atoms with Gasteiger partial charge in [0.25, 0.3) is 0 Å². The van der Waals surface area contributed by atoms with Gasteiger partial charge in [0, 0.05) is 30.3 Å². The Kier molecular flexibility index (Phi) is 8.67. The number of benzene rings is 3. The Morgan fingerprint density at radius 1 is 0.821 bits per heavy atom.